The van der Waals surface area contributed by atoms with Gasteiger partial charge in [-0.2, -0.15) is 5.11 Å². The van der Waals surface area contributed by atoms with Crippen LogP contribution in [0.2, 0.25) is 0 Å². The third-order valence-electron chi connectivity index (χ3n) is 4.69. The van der Waals surface area contributed by atoms with Crippen LogP contribution < -0.4 is 9.47 Å². The summed E-state index contributed by atoms with van der Waals surface area (Å²) in [5.41, 5.74) is -0.485. The molecule has 0 N–H and O–H groups in total. The summed E-state index contributed by atoms with van der Waals surface area (Å²) in [6, 6.07) is 17.3. The van der Waals surface area contributed by atoms with Crippen molar-refractivity contribution in [1.29, 1.82) is 0 Å². The predicted molar refractivity (Wildman–Crippen MR) is 110 cm³/mol. The molecular weight excluding hydrogens is 416 g/mol. The molecule has 0 fully saturated rings. The second kappa shape index (κ2) is 8.93. The zero-order valence-corrected chi connectivity index (χ0v) is 17.4. The van der Waals surface area contributed by atoms with Gasteiger partial charge < -0.3 is 23.4 Å². The van der Waals surface area contributed by atoms with Crippen molar-refractivity contribution in [2.45, 2.75) is 19.2 Å². The monoisotopic (exact) mass is 436 g/mol. The van der Waals surface area contributed by atoms with Crippen LogP contribution in [0, 0.1) is 0 Å². The van der Waals surface area contributed by atoms with E-state index >= 15 is 0 Å². The minimum absolute atomic E-state index is 0.0713. The van der Waals surface area contributed by atoms with Crippen molar-refractivity contribution in [1.82, 2.24) is 0 Å². The number of hydrogen-bond acceptors (Lipinski definition) is 9. The van der Waals surface area contributed by atoms with Crippen molar-refractivity contribution >= 4 is 11.9 Å². The van der Waals surface area contributed by atoms with E-state index in [9.17, 15) is 9.59 Å². The molecule has 1 aliphatic heterocycles. The van der Waals surface area contributed by atoms with Gasteiger partial charge >= 0.3 is 17.7 Å². The Bertz CT molecular complexity index is 1160. The largest absolute Gasteiger partial charge is 0.463 e. The Morgan fingerprint density at radius 3 is 2.56 bits per heavy atom. The average Bonchev–Trinajstić information content (AvgIpc) is 3.48. The van der Waals surface area contributed by atoms with Crippen LogP contribution in [0.1, 0.15) is 34.4 Å². The molecule has 0 saturated carbocycles. The number of hydrogen-bond donors (Lipinski definition) is 0. The van der Waals surface area contributed by atoms with Gasteiger partial charge in [0.1, 0.15) is 0 Å². The van der Waals surface area contributed by atoms with E-state index < -0.39 is 17.7 Å². The molecule has 0 amide bonds. The maximum Gasteiger partial charge on any atom is 0.373 e. The molecule has 0 radical (unpaired) electrons. The summed E-state index contributed by atoms with van der Waals surface area (Å²) in [7, 11) is 1.24. The molecule has 0 bridgehead atoms. The van der Waals surface area contributed by atoms with Crippen molar-refractivity contribution in [3.63, 3.8) is 0 Å². The normalized spacial score (nSPS) is 14.2. The fourth-order valence-electron chi connectivity index (χ4n) is 3.22. The average molecular weight is 436 g/mol. The van der Waals surface area contributed by atoms with E-state index in [1.807, 2.05) is 30.3 Å². The molecule has 1 aromatic heterocycles. The lowest BCUT2D eigenvalue weighted by atomic mass is 10.00. The summed E-state index contributed by atoms with van der Waals surface area (Å²) < 4.78 is 27.0. The fourth-order valence-corrected chi connectivity index (χ4v) is 3.22. The molecule has 0 saturated heterocycles. The molecule has 1 unspecified atom stereocenters. The minimum atomic E-state index is -1.80. The highest BCUT2D eigenvalue weighted by Gasteiger charge is 2.43. The van der Waals surface area contributed by atoms with Crippen LogP contribution in [0.5, 0.6) is 11.5 Å². The molecule has 4 rings (SSSR count). The Labute approximate surface area is 183 Å². The lowest BCUT2D eigenvalue weighted by Crippen LogP contribution is -2.30. The van der Waals surface area contributed by atoms with E-state index in [-0.39, 0.29) is 24.9 Å². The number of methoxy groups -OCH3 is 1. The molecule has 32 heavy (non-hydrogen) atoms. The molecular formula is C23H20N2O7. The number of ether oxygens (including phenoxy) is 4. The van der Waals surface area contributed by atoms with E-state index in [0.29, 0.717) is 17.1 Å². The Morgan fingerprint density at radius 2 is 1.81 bits per heavy atom. The van der Waals surface area contributed by atoms with Gasteiger partial charge in [-0.05, 0) is 35.9 Å². The van der Waals surface area contributed by atoms with E-state index in [4.69, 9.17) is 23.4 Å². The zero-order valence-electron chi connectivity index (χ0n) is 17.4. The van der Waals surface area contributed by atoms with E-state index in [0.717, 1.165) is 5.56 Å². The van der Waals surface area contributed by atoms with Gasteiger partial charge in [-0.3, -0.25) is 4.79 Å². The van der Waals surface area contributed by atoms with Crippen LogP contribution in [-0.4, -0.2) is 25.8 Å². The van der Waals surface area contributed by atoms with Crippen molar-refractivity contribution in [3.8, 4) is 11.5 Å². The molecule has 9 heteroatoms. The quantitative estimate of drug-likeness (QED) is 0.403. The smallest absolute Gasteiger partial charge is 0.373 e. The molecule has 9 nitrogen and oxygen atoms in total. The highest BCUT2D eigenvalue weighted by atomic mass is 16.7. The molecule has 0 aliphatic carbocycles. The lowest BCUT2D eigenvalue weighted by molar-refractivity contribution is -0.155. The lowest BCUT2D eigenvalue weighted by Gasteiger charge is -2.26. The maximum atomic E-state index is 12.2. The molecule has 1 atom stereocenters. The Hall–Kier alpha value is -4.14. The number of carbonyl (C=O) groups excluding carboxylic acids is 2. The minimum Gasteiger partial charge on any atom is -0.463 e. The van der Waals surface area contributed by atoms with Gasteiger partial charge in [-0.25, -0.2) is 4.79 Å². The summed E-state index contributed by atoms with van der Waals surface area (Å²) in [5, 5.41) is 8.68. The van der Waals surface area contributed by atoms with Crippen molar-refractivity contribution < 1.29 is 33.0 Å². The third kappa shape index (κ3) is 4.18. The van der Waals surface area contributed by atoms with Gasteiger partial charge in [0.05, 0.1) is 13.7 Å². The van der Waals surface area contributed by atoms with Gasteiger partial charge in [0.15, 0.2) is 17.3 Å². The first-order valence-corrected chi connectivity index (χ1v) is 9.73. The first-order chi connectivity index (χ1) is 15.5. The fraction of sp³-hybridized carbons (Fsp3) is 0.217. The first kappa shape index (κ1) is 21.1. The number of rotatable bonds is 7. The summed E-state index contributed by atoms with van der Waals surface area (Å²) in [6.45, 7) is 1.56. The summed E-state index contributed by atoms with van der Waals surface area (Å²) in [4.78, 5) is 24.1. The Kier molecular flexibility index (Phi) is 5.89. The van der Waals surface area contributed by atoms with Crippen LogP contribution in [-0.2, 0) is 26.5 Å². The predicted octanol–water partition coefficient (Wildman–Crippen LogP) is 4.21. The van der Waals surface area contributed by atoms with E-state index in [1.54, 1.807) is 18.2 Å². The second-order valence-corrected chi connectivity index (χ2v) is 6.85. The number of benzene rings is 2. The molecule has 1 aliphatic rings. The zero-order chi connectivity index (χ0) is 22.6. The second-order valence-electron chi connectivity index (χ2n) is 6.85. The van der Waals surface area contributed by atoms with Crippen LogP contribution >= 0.6 is 0 Å². The number of fused-ring (bicyclic) bond motifs is 1. The maximum absolute atomic E-state index is 12.2. The van der Waals surface area contributed by atoms with Crippen molar-refractivity contribution in [2.24, 2.45) is 10.2 Å². The Balaban J connectivity index is 1.82. The molecule has 2 heterocycles. The number of nitrogens with zero attached hydrogens (tertiary/aromatic N) is 2. The number of esters is 2. The SMILES string of the molecule is COC(=O)c1ccc(C(N=NCc2ccccc2)(OC(C)=O)c2ccc3c(c2)OCO3)o1. The van der Waals surface area contributed by atoms with Gasteiger partial charge in [0, 0.05) is 12.5 Å². The van der Waals surface area contributed by atoms with E-state index in [2.05, 4.69) is 10.2 Å². The highest BCUT2D eigenvalue weighted by Crippen LogP contribution is 2.42. The topological polar surface area (TPSA) is 109 Å². The van der Waals surface area contributed by atoms with Gasteiger partial charge in [-0.15, -0.1) is 5.11 Å². The number of azo groups is 1. The van der Waals surface area contributed by atoms with Gasteiger partial charge in [-0.1, -0.05) is 30.3 Å². The number of furan rings is 1. The Morgan fingerprint density at radius 1 is 1.03 bits per heavy atom. The highest BCUT2D eigenvalue weighted by molar-refractivity contribution is 5.86. The first-order valence-electron chi connectivity index (χ1n) is 9.73. The van der Waals surface area contributed by atoms with Gasteiger partial charge in [0.2, 0.25) is 12.6 Å². The van der Waals surface area contributed by atoms with Crippen LogP contribution in [0.3, 0.4) is 0 Å². The molecule has 2 aromatic carbocycles. The summed E-state index contributed by atoms with van der Waals surface area (Å²) >= 11 is 0. The van der Waals surface area contributed by atoms with Crippen LogP contribution in [0.4, 0.5) is 0 Å². The van der Waals surface area contributed by atoms with Crippen LogP contribution in [0.25, 0.3) is 0 Å². The summed E-state index contributed by atoms with van der Waals surface area (Å²) in [5.74, 6) is -0.308. The van der Waals surface area contributed by atoms with Crippen molar-refractivity contribution in [2.75, 3.05) is 13.9 Å². The standard InChI is InChI=1S/C23H20N2O7/c1-15(26)32-23(21-11-10-19(31-21)22(27)28-2,25-24-13-16-6-4-3-5-7-16)17-8-9-18-20(12-17)30-14-29-18/h3-12H,13-14H2,1-2H3. The number of carbonyl (C=O) groups is 2. The summed E-state index contributed by atoms with van der Waals surface area (Å²) in [6.07, 6.45) is 0. The van der Waals surface area contributed by atoms with E-state index in [1.165, 1.54) is 26.2 Å². The molecule has 0 spiro atoms. The molecule has 3 aromatic rings. The van der Waals surface area contributed by atoms with Crippen molar-refractivity contribution in [3.05, 3.63) is 83.3 Å². The van der Waals surface area contributed by atoms with Crippen LogP contribution in [0.15, 0.2) is 75.3 Å². The molecule has 164 valence electrons. The van der Waals surface area contributed by atoms with Gasteiger partial charge in [0.25, 0.3) is 0 Å². The third-order valence-corrected chi connectivity index (χ3v) is 4.69.